The van der Waals surface area contributed by atoms with Crippen LogP contribution in [0.2, 0.25) is 0 Å². The number of nitrogens with one attached hydrogen (secondary N) is 2. The first-order valence-electron chi connectivity index (χ1n) is 12.5. The van der Waals surface area contributed by atoms with Gasteiger partial charge in [0, 0.05) is 17.5 Å². The summed E-state index contributed by atoms with van der Waals surface area (Å²) in [5.41, 5.74) is 4.43. The summed E-state index contributed by atoms with van der Waals surface area (Å²) >= 11 is 4.34. The molecule has 2 aromatic rings. The van der Waals surface area contributed by atoms with Crippen molar-refractivity contribution < 1.29 is 19.1 Å². The van der Waals surface area contributed by atoms with Crippen molar-refractivity contribution in [1.29, 1.82) is 0 Å². The quantitative estimate of drug-likeness (QED) is 0.387. The lowest BCUT2D eigenvalue weighted by Crippen LogP contribution is -2.55. The molecule has 8 heteroatoms. The van der Waals surface area contributed by atoms with E-state index in [9.17, 15) is 14.4 Å². The molecule has 3 amide bonds. The lowest BCUT2D eigenvalue weighted by atomic mass is 9.95. The highest BCUT2D eigenvalue weighted by Gasteiger charge is 2.38. The second kappa shape index (κ2) is 12.5. The number of benzene rings is 2. The number of anilines is 1. The summed E-state index contributed by atoms with van der Waals surface area (Å²) < 4.78 is 5.36. The van der Waals surface area contributed by atoms with E-state index in [0.29, 0.717) is 0 Å². The van der Waals surface area contributed by atoms with Crippen molar-refractivity contribution in [1.82, 2.24) is 10.2 Å². The summed E-state index contributed by atoms with van der Waals surface area (Å²) in [5, 5.41) is 5.72. The summed E-state index contributed by atoms with van der Waals surface area (Å²) in [4.78, 5) is 42.0. The summed E-state index contributed by atoms with van der Waals surface area (Å²) in [6, 6.07) is 9.38. The van der Waals surface area contributed by atoms with Crippen molar-refractivity contribution >= 4 is 36.2 Å². The number of thiol groups is 1. The molecule has 7 nitrogen and oxygen atoms in total. The Morgan fingerprint density at radius 2 is 1.57 bits per heavy atom. The first-order valence-corrected chi connectivity index (χ1v) is 13.2. The molecule has 0 aliphatic carbocycles. The highest BCUT2D eigenvalue weighted by molar-refractivity contribution is 7.80. The molecule has 0 spiro atoms. The van der Waals surface area contributed by atoms with E-state index >= 15 is 0 Å². The number of alkyl carbamates (subject to hydrolysis) is 1. The molecule has 0 aliphatic heterocycles. The van der Waals surface area contributed by atoms with Gasteiger partial charge in [-0.15, -0.1) is 0 Å². The fraction of sp³-hybridized carbons (Fsp3) is 0.483. The lowest BCUT2D eigenvalue weighted by molar-refractivity contribution is -0.142. The molecule has 37 heavy (non-hydrogen) atoms. The zero-order valence-corrected chi connectivity index (χ0v) is 24.3. The number of para-hydroxylation sites is 1. The fourth-order valence-corrected chi connectivity index (χ4v) is 4.42. The SMILES string of the molecule is Cc1ccc(C)c(C(C(=O)Nc2c(C)cccc2C)N(C(=O)C(CS)NC(=O)OC(C)(C)C)C(C)C)c1. The third kappa shape index (κ3) is 7.99. The summed E-state index contributed by atoms with van der Waals surface area (Å²) in [6.45, 7) is 16.7. The molecule has 0 saturated heterocycles. The van der Waals surface area contributed by atoms with Crippen LogP contribution in [-0.4, -0.2) is 46.2 Å². The van der Waals surface area contributed by atoms with Crippen molar-refractivity contribution in [2.24, 2.45) is 0 Å². The Kier molecular flexibility index (Phi) is 10.2. The summed E-state index contributed by atoms with van der Waals surface area (Å²) in [7, 11) is 0. The van der Waals surface area contributed by atoms with Crippen LogP contribution in [-0.2, 0) is 14.3 Å². The topological polar surface area (TPSA) is 87.7 Å². The number of hydrogen-bond acceptors (Lipinski definition) is 5. The molecule has 202 valence electrons. The Bertz CT molecular complexity index is 1120. The Balaban J connectivity index is 2.57. The Morgan fingerprint density at radius 1 is 0.973 bits per heavy atom. The van der Waals surface area contributed by atoms with Crippen molar-refractivity contribution in [3.8, 4) is 0 Å². The Hall–Kier alpha value is -3.00. The van der Waals surface area contributed by atoms with Crippen LogP contribution >= 0.6 is 12.6 Å². The number of ether oxygens (including phenoxy) is 1. The van der Waals surface area contributed by atoms with Gasteiger partial charge in [0.15, 0.2) is 0 Å². The van der Waals surface area contributed by atoms with Gasteiger partial charge >= 0.3 is 6.09 Å². The lowest BCUT2D eigenvalue weighted by Gasteiger charge is -2.37. The van der Waals surface area contributed by atoms with Crippen LogP contribution < -0.4 is 10.6 Å². The predicted octanol–water partition coefficient (Wildman–Crippen LogP) is 5.66. The van der Waals surface area contributed by atoms with Gasteiger partial charge in [-0.3, -0.25) is 9.59 Å². The molecule has 0 aliphatic rings. The predicted molar refractivity (Wildman–Crippen MR) is 152 cm³/mol. The normalized spacial score (nSPS) is 13.1. The average molecular weight is 528 g/mol. The highest BCUT2D eigenvalue weighted by Crippen LogP contribution is 2.31. The van der Waals surface area contributed by atoms with Crippen LogP contribution in [0.5, 0.6) is 0 Å². The van der Waals surface area contributed by atoms with E-state index < -0.39 is 29.7 Å². The zero-order valence-electron chi connectivity index (χ0n) is 23.4. The third-order valence-corrected chi connectivity index (χ3v) is 6.33. The van der Waals surface area contributed by atoms with E-state index in [4.69, 9.17) is 4.74 Å². The monoisotopic (exact) mass is 527 g/mol. The van der Waals surface area contributed by atoms with Gasteiger partial charge in [-0.1, -0.05) is 42.0 Å². The Morgan fingerprint density at radius 3 is 2.08 bits per heavy atom. The molecule has 2 rings (SSSR count). The molecule has 2 unspecified atom stereocenters. The third-order valence-electron chi connectivity index (χ3n) is 5.97. The molecule has 2 N–H and O–H groups in total. The van der Waals surface area contributed by atoms with E-state index in [-0.39, 0.29) is 17.7 Å². The van der Waals surface area contributed by atoms with Gasteiger partial charge in [0.1, 0.15) is 17.7 Å². The number of rotatable bonds is 8. The van der Waals surface area contributed by atoms with Gasteiger partial charge in [-0.05, 0) is 84.6 Å². The molecular weight excluding hydrogens is 486 g/mol. The number of hydrogen-bond donors (Lipinski definition) is 3. The smallest absolute Gasteiger partial charge is 0.408 e. The summed E-state index contributed by atoms with van der Waals surface area (Å²) in [6.07, 6.45) is -0.716. The molecule has 0 saturated carbocycles. The highest BCUT2D eigenvalue weighted by atomic mass is 32.1. The van der Waals surface area contributed by atoms with Crippen molar-refractivity contribution in [2.75, 3.05) is 11.1 Å². The molecule has 0 radical (unpaired) electrons. The van der Waals surface area contributed by atoms with Crippen molar-refractivity contribution in [3.05, 3.63) is 64.2 Å². The number of carbonyl (C=O) groups is 3. The number of amides is 3. The van der Waals surface area contributed by atoms with E-state index in [0.717, 1.165) is 33.5 Å². The minimum absolute atomic E-state index is 0.0410. The van der Waals surface area contributed by atoms with Crippen LogP contribution in [0.3, 0.4) is 0 Å². The van der Waals surface area contributed by atoms with E-state index in [1.807, 2.05) is 77.9 Å². The standard InChI is InChI=1S/C29H41N3O4S/c1-17(2)32(27(34)23(16-37)30-28(35)36-29(7,8)9)25(22-15-18(3)13-14-19(22)4)26(33)31-24-20(5)11-10-12-21(24)6/h10-15,17,23,25,37H,16H2,1-9H3,(H,30,35)(H,31,33). The Labute approximate surface area is 226 Å². The number of nitrogens with zero attached hydrogens (tertiary/aromatic N) is 1. The zero-order chi connectivity index (χ0) is 28.1. The number of carbonyl (C=O) groups excluding carboxylic acids is 3. The van der Waals surface area contributed by atoms with Gasteiger partial charge < -0.3 is 20.3 Å². The maximum Gasteiger partial charge on any atom is 0.408 e. The maximum absolute atomic E-state index is 14.0. The maximum atomic E-state index is 14.0. The number of aryl methyl sites for hydroxylation is 4. The fourth-order valence-electron chi connectivity index (χ4n) is 4.17. The van der Waals surface area contributed by atoms with Gasteiger partial charge in [0.2, 0.25) is 5.91 Å². The molecule has 2 atom stereocenters. The van der Waals surface area contributed by atoms with Gasteiger partial charge in [0.05, 0.1) is 0 Å². The van der Waals surface area contributed by atoms with Crippen LogP contribution in [0.25, 0.3) is 0 Å². The van der Waals surface area contributed by atoms with E-state index in [1.54, 1.807) is 20.8 Å². The first-order chi connectivity index (χ1) is 17.2. The van der Waals surface area contributed by atoms with Gasteiger partial charge in [-0.2, -0.15) is 12.6 Å². The van der Waals surface area contributed by atoms with Crippen molar-refractivity contribution in [3.63, 3.8) is 0 Å². The van der Waals surface area contributed by atoms with Gasteiger partial charge in [-0.25, -0.2) is 4.79 Å². The largest absolute Gasteiger partial charge is 0.444 e. The summed E-state index contributed by atoms with van der Waals surface area (Å²) in [5.74, 6) is -0.707. The minimum atomic E-state index is -0.985. The van der Waals surface area contributed by atoms with Crippen LogP contribution in [0, 0.1) is 27.7 Å². The van der Waals surface area contributed by atoms with Gasteiger partial charge in [0.25, 0.3) is 5.91 Å². The molecular formula is C29H41N3O4S. The van der Waals surface area contributed by atoms with Crippen LogP contribution in [0.1, 0.15) is 68.5 Å². The molecule has 0 fully saturated rings. The first kappa shape index (κ1) is 30.2. The van der Waals surface area contributed by atoms with E-state index in [1.165, 1.54) is 4.90 Å². The van der Waals surface area contributed by atoms with Crippen LogP contribution in [0.4, 0.5) is 10.5 Å². The molecule has 0 aromatic heterocycles. The van der Waals surface area contributed by atoms with Crippen molar-refractivity contribution in [2.45, 2.75) is 86.0 Å². The molecule has 2 aromatic carbocycles. The average Bonchev–Trinajstić information content (AvgIpc) is 2.78. The minimum Gasteiger partial charge on any atom is -0.444 e. The van der Waals surface area contributed by atoms with Crippen LogP contribution in [0.15, 0.2) is 36.4 Å². The second-order valence-electron chi connectivity index (χ2n) is 10.7. The molecule has 0 bridgehead atoms. The second-order valence-corrected chi connectivity index (χ2v) is 11.1. The van der Waals surface area contributed by atoms with E-state index in [2.05, 4.69) is 23.3 Å². The molecule has 0 heterocycles.